The number of terminal acetylenes is 1. The number of nitrogens with one attached hydrogen (secondary N) is 1. The van der Waals surface area contributed by atoms with Crippen LogP contribution in [-0.2, 0) is 0 Å². The lowest BCUT2D eigenvalue weighted by Gasteiger charge is -2.18. The molecule has 2 nitrogen and oxygen atoms in total. The molecule has 96 valence electrons. The quantitative estimate of drug-likeness (QED) is 0.825. The Balaban J connectivity index is 2.29. The summed E-state index contributed by atoms with van der Waals surface area (Å²) in [6.07, 6.45) is 5.35. The van der Waals surface area contributed by atoms with Gasteiger partial charge in [0.25, 0.3) is 0 Å². The highest BCUT2D eigenvalue weighted by Crippen LogP contribution is 2.23. The highest BCUT2D eigenvalue weighted by molar-refractivity contribution is 5.35. The topological polar surface area (TPSA) is 21.3 Å². The molecule has 0 heterocycles. The largest absolute Gasteiger partial charge is 0.497 e. The summed E-state index contributed by atoms with van der Waals surface area (Å²) in [7, 11) is 1.67. The van der Waals surface area contributed by atoms with Gasteiger partial charge in [-0.1, -0.05) is 48.4 Å². The SMILES string of the molecule is C#CCNC(c1ccccc1)c1ccc(OC)cc1. The molecule has 1 unspecified atom stereocenters. The van der Waals surface area contributed by atoms with E-state index in [2.05, 4.69) is 35.5 Å². The first-order valence-corrected chi connectivity index (χ1v) is 6.21. The van der Waals surface area contributed by atoms with Crippen LogP contribution in [0.2, 0.25) is 0 Å². The summed E-state index contributed by atoms with van der Waals surface area (Å²) < 4.78 is 5.18. The van der Waals surface area contributed by atoms with E-state index >= 15 is 0 Å². The molecular weight excluding hydrogens is 234 g/mol. The van der Waals surface area contributed by atoms with E-state index in [4.69, 9.17) is 11.2 Å². The Morgan fingerprint density at radius 1 is 1.05 bits per heavy atom. The molecule has 2 heteroatoms. The Hall–Kier alpha value is -2.24. The molecule has 19 heavy (non-hydrogen) atoms. The maximum atomic E-state index is 5.35. The first kappa shape index (κ1) is 13.2. The van der Waals surface area contributed by atoms with E-state index in [-0.39, 0.29) is 6.04 Å². The summed E-state index contributed by atoms with van der Waals surface area (Å²) in [5, 5.41) is 3.36. The van der Waals surface area contributed by atoms with E-state index < -0.39 is 0 Å². The van der Waals surface area contributed by atoms with Crippen molar-refractivity contribution in [1.29, 1.82) is 0 Å². The second-order valence-corrected chi connectivity index (χ2v) is 4.20. The molecule has 1 atom stereocenters. The van der Waals surface area contributed by atoms with Gasteiger partial charge < -0.3 is 4.74 Å². The maximum absolute atomic E-state index is 5.35. The molecule has 0 aliphatic rings. The zero-order valence-corrected chi connectivity index (χ0v) is 11.0. The van der Waals surface area contributed by atoms with Gasteiger partial charge in [0.05, 0.1) is 19.7 Å². The van der Waals surface area contributed by atoms with Crippen LogP contribution in [0.3, 0.4) is 0 Å². The molecule has 0 aromatic heterocycles. The Labute approximate surface area is 114 Å². The third-order valence-corrected chi connectivity index (χ3v) is 2.99. The number of hydrogen-bond acceptors (Lipinski definition) is 2. The van der Waals surface area contributed by atoms with Gasteiger partial charge in [0, 0.05) is 0 Å². The van der Waals surface area contributed by atoms with Crippen LogP contribution in [0, 0.1) is 12.3 Å². The van der Waals surface area contributed by atoms with Crippen molar-refractivity contribution >= 4 is 0 Å². The van der Waals surface area contributed by atoms with Gasteiger partial charge in [0.15, 0.2) is 0 Å². The highest BCUT2D eigenvalue weighted by Gasteiger charge is 2.12. The second-order valence-electron chi connectivity index (χ2n) is 4.20. The fraction of sp³-hybridized carbons (Fsp3) is 0.176. The van der Waals surface area contributed by atoms with Gasteiger partial charge in [-0.25, -0.2) is 0 Å². The van der Waals surface area contributed by atoms with Gasteiger partial charge in [-0.2, -0.15) is 0 Å². The minimum Gasteiger partial charge on any atom is -0.497 e. The second kappa shape index (κ2) is 6.63. The van der Waals surface area contributed by atoms with E-state index in [1.807, 2.05) is 30.3 Å². The molecule has 0 aliphatic heterocycles. The van der Waals surface area contributed by atoms with Crippen molar-refractivity contribution < 1.29 is 4.74 Å². The first-order valence-electron chi connectivity index (χ1n) is 6.21. The van der Waals surface area contributed by atoms with Crippen LogP contribution < -0.4 is 10.1 Å². The molecule has 0 saturated carbocycles. The molecule has 2 aromatic carbocycles. The number of ether oxygens (including phenoxy) is 1. The zero-order valence-electron chi connectivity index (χ0n) is 11.0. The van der Waals surface area contributed by atoms with Crippen LogP contribution in [-0.4, -0.2) is 13.7 Å². The third-order valence-electron chi connectivity index (χ3n) is 2.99. The van der Waals surface area contributed by atoms with Crippen molar-refractivity contribution in [2.75, 3.05) is 13.7 Å². The molecule has 0 amide bonds. The smallest absolute Gasteiger partial charge is 0.118 e. The summed E-state index contributed by atoms with van der Waals surface area (Å²) in [4.78, 5) is 0. The molecule has 0 fully saturated rings. The summed E-state index contributed by atoms with van der Waals surface area (Å²) in [6.45, 7) is 0.533. The van der Waals surface area contributed by atoms with Crippen molar-refractivity contribution in [3.8, 4) is 18.1 Å². The first-order chi connectivity index (χ1) is 9.35. The minimum absolute atomic E-state index is 0.100. The van der Waals surface area contributed by atoms with Crippen LogP contribution in [0.15, 0.2) is 54.6 Å². The highest BCUT2D eigenvalue weighted by atomic mass is 16.5. The fourth-order valence-corrected chi connectivity index (χ4v) is 2.03. The standard InChI is InChI=1S/C17H17NO/c1-3-13-18-17(14-7-5-4-6-8-14)15-9-11-16(19-2)12-10-15/h1,4-12,17-18H,13H2,2H3. The molecule has 0 bridgehead atoms. The average Bonchev–Trinajstić information content (AvgIpc) is 2.49. The van der Waals surface area contributed by atoms with Crippen molar-refractivity contribution in [2.45, 2.75) is 6.04 Å². The number of hydrogen-bond donors (Lipinski definition) is 1. The van der Waals surface area contributed by atoms with Gasteiger partial charge >= 0.3 is 0 Å². The Morgan fingerprint density at radius 2 is 1.68 bits per heavy atom. The van der Waals surface area contributed by atoms with E-state index in [9.17, 15) is 0 Å². The Kier molecular flexibility index (Phi) is 4.60. The van der Waals surface area contributed by atoms with Crippen LogP contribution in [0.4, 0.5) is 0 Å². The van der Waals surface area contributed by atoms with E-state index in [0.717, 1.165) is 5.75 Å². The average molecular weight is 251 g/mol. The molecular formula is C17H17NO. The Morgan fingerprint density at radius 3 is 2.26 bits per heavy atom. The number of rotatable bonds is 5. The minimum atomic E-state index is 0.100. The van der Waals surface area contributed by atoms with Crippen LogP contribution in [0.1, 0.15) is 17.2 Å². The van der Waals surface area contributed by atoms with Gasteiger partial charge in [0.2, 0.25) is 0 Å². The lowest BCUT2D eigenvalue weighted by Crippen LogP contribution is -2.22. The van der Waals surface area contributed by atoms with Gasteiger partial charge in [0.1, 0.15) is 5.75 Å². The monoisotopic (exact) mass is 251 g/mol. The summed E-state index contributed by atoms with van der Waals surface area (Å²) >= 11 is 0. The molecule has 0 aliphatic carbocycles. The molecule has 1 N–H and O–H groups in total. The molecule has 2 rings (SSSR count). The number of methoxy groups -OCH3 is 1. The van der Waals surface area contributed by atoms with E-state index in [0.29, 0.717) is 6.54 Å². The van der Waals surface area contributed by atoms with Gasteiger partial charge in [-0.15, -0.1) is 6.42 Å². The van der Waals surface area contributed by atoms with Gasteiger partial charge in [-0.3, -0.25) is 5.32 Å². The van der Waals surface area contributed by atoms with Crippen molar-refractivity contribution in [3.05, 3.63) is 65.7 Å². The summed E-state index contributed by atoms with van der Waals surface area (Å²) in [5.41, 5.74) is 2.37. The van der Waals surface area contributed by atoms with Crippen LogP contribution >= 0.6 is 0 Å². The normalized spacial score (nSPS) is 11.6. The maximum Gasteiger partial charge on any atom is 0.118 e. The third kappa shape index (κ3) is 3.37. The summed E-state index contributed by atoms with van der Waals surface area (Å²) in [6, 6.07) is 18.4. The molecule has 0 saturated heterocycles. The lowest BCUT2D eigenvalue weighted by atomic mass is 9.98. The lowest BCUT2D eigenvalue weighted by molar-refractivity contribution is 0.414. The molecule has 2 aromatic rings. The molecule has 0 spiro atoms. The van der Waals surface area contributed by atoms with Crippen molar-refractivity contribution in [3.63, 3.8) is 0 Å². The summed E-state index contributed by atoms with van der Waals surface area (Å²) in [5.74, 6) is 3.48. The Bertz CT molecular complexity index is 540. The number of benzene rings is 2. The predicted octanol–water partition coefficient (Wildman–Crippen LogP) is 3.01. The zero-order chi connectivity index (χ0) is 13.5. The van der Waals surface area contributed by atoms with Crippen LogP contribution in [0.5, 0.6) is 5.75 Å². The fourth-order valence-electron chi connectivity index (χ4n) is 2.03. The van der Waals surface area contributed by atoms with E-state index in [1.165, 1.54) is 11.1 Å². The van der Waals surface area contributed by atoms with Crippen molar-refractivity contribution in [2.24, 2.45) is 0 Å². The van der Waals surface area contributed by atoms with Crippen LogP contribution in [0.25, 0.3) is 0 Å². The van der Waals surface area contributed by atoms with Crippen molar-refractivity contribution in [1.82, 2.24) is 5.32 Å². The van der Waals surface area contributed by atoms with E-state index in [1.54, 1.807) is 7.11 Å². The predicted molar refractivity (Wildman–Crippen MR) is 78.1 cm³/mol. The molecule has 0 radical (unpaired) electrons. The van der Waals surface area contributed by atoms with Gasteiger partial charge in [-0.05, 0) is 23.3 Å².